The normalized spacial score (nSPS) is 20.6. The lowest BCUT2D eigenvalue weighted by Crippen LogP contribution is -2.49. The smallest absolute Gasteiger partial charge is 0.321 e. The fourth-order valence-corrected chi connectivity index (χ4v) is 5.89. The Morgan fingerprint density at radius 3 is 2.31 bits per heavy atom. The number of amides is 2. The standard InChI is InChI=1S/C23H26ClF3N4O3S/c1-28-9-11-30(12-10-28)35(33,34)14-13-29-16-21(17-3-2-4-18(15-17)23(25,26)27)31(22(29)32)20-7-5-19(24)6-8-20/h2-8,15,21H,9-14,16H2,1H3/t21-/m1/s1. The third-order valence-electron chi connectivity index (χ3n) is 6.36. The Bertz CT molecular complexity index is 1170. The number of hydrogen-bond acceptors (Lipinski definition) is 4. The summed E-state index contributed by atoms with van der Waals surface area (Å²) in [7, 11) is -1.66. The van der Waals surface area contributed by atoms with Gasteiger partial charge in [0.05, 0.1) is 17.4 Å². The molecule has 0 spiro atoms. The van der Waals surface area contributed by atoms with Gasteiger partial charge in [-0.2, -0.15) is 17.5 Å². The number of rotatable bonds is 6. The van der Waals surface area contributed by atoms with Crippen LogP contribution in [0, 0.1) is 0 Å². The van der Waals surface area contributed by atoms with Crippen LogP contribution in [-0.4, -0.2) is 80.6 Å². The van der Waals surface area contributed by atoms with Crippen molar-refractivity contribution in [3.05, 3.63) is 64.7 Å². The second kappa shape index (κ2) is 9.96. The van der Waals surface area contributed by atoms with Crippen LogP contribution in [0.3, 0.4) is 0 Å². The molecule has 2 aliphatic heterocycles. The number of urea groups is 1. The maximum Gasteiger partial charge on any atom is 0.416 e. The average molecular weight is 531 g/mol. The molecule has 2 fully saturated rings. The molecule has 0 bridgehead atoms. The molecule has 2 amide bonds. The number of benzene rings is 2. The molecule has 0 unspecified atom stereocenters. The van der Waals surface area contributed by atoms with Crippen molar-refractivity contribution in [2.75, 3.05) is 57.0 Å². The lowest BCUT2D eigenvalue weighted by atomic mass is 10.0. The molecule has 2 saturated heterocycles. The van der Waals surface area contributed by atoms with Gasteiger partial charge in [-0.05, 0) is 49.0 Å². The molecular formula is C23H26ClF3N4O3S. The summed E-state index contributed by atoms with van der Waals surface area (Å²) in [5, 5.41) is 0.450. The van der Waals surface area contributed by atoms with Crippen LogP contribution in [0.1, 0.15) is 17.2 Å². The number of carbonyl (C=O) groups excluding carboxylic acids is 1. The van der Waals surface area contributed by atoms with Crippen LogP contribution in [0.2, 0.25) is 5.02 Å². The van der Waals surface area contributed by atoms with E-state index in [1.807, 2.05) is 11.9 Å². The summed E-state index contributed by atoms with van der Waals surface area (Å²) >= 11 is 5.98. The van der Waals surface area contributed by atoms with Crippen molar-refractivity contribution in [3.63, 3.8) is 0 Å². The molecule has 0 saturated carbocycles. The van der Waals surface area contributed by atoms with Crippen LogP contribution in [0.5, 0.6) is 0 Å². The van der Waals surface area contributed by atoms with Crippen molar-refractivity contribution in [1.29, 1.82) is 0 Å². The molecule has 4 rings (SSSR count). The monoisotopic (exact) mass is 530 g/mol. The number of anilines is 1. The number of hydrogen-bond donors (Lipinski definition) is 0. The second-order valence-corrected chi connectivity index (χ2v) is 11.3. The topological polar surface area (TPSA) is 64.2 Å². The molecule has 12 heteroatoms. The van der Waals surface area contributed by atoms with E-state index in [1.54, 1.807) is 30.3 Å². The number of nitrogens with zero attached hydrogens (tertiary/aromatic N) is 4. The summed E-state index contributed by atoms with van der Waals surface area (Å²) < 4.78 is 67.2. The number of halogens is 4. The molecule has 0 aromatic heterocycles. The first-order valence-corrected chi connectivity index (χ1v) is 13.1. The Labute approximate surface area is 207 Å². The largest absolute Gasteiger partial charge is 0.416 e. The summed E-state index contributed by atoms with van der Waals surface area (Å²) in [5.74, 6) is -0.258. The molecule has 7 nitrogen and oxygen atoms in total. The quantitative estimate of drug-likeness (QED) is 0.568. The van der Waals surface area contributed by atoms with E-state index in [9.17, 15) is 26.4 Å². The van der Waals surface area contributed by atoms with E-state index in [1.165, 1.54) is 20.2 Å². The summed E-state index contributed by atoms with van der Waals surface area (Å²) in [5.41, 5.74) is -0.0339. The molecule has 2 aromatic rings. The number of sulfonamides is 1. The van der Waals surface area contributed by atoms with Crippen LogP contribution in [0.4, 0.5) is 23.7 Å². The summed E-state index contributed by atoms with van der Waals surface area (Å²) in [6.45, 7) is 2.02. The van der Waals surface area contributed by atoms with E-state index in [4.69, 9.17) is 11.6 Å². The van der Waals surface area contributed by atoms with E-state index in [0.29, 0.717) is 42.5 Å². The summed E-state index contributed by atoms with van der Waals surface area (Å²) in [6, 6.07) is 10.1. The first-order valence-electron chi connectivity index (χ1n) is 11.1. The maximum atomic E-state index is 13.4. The number of carbonyl (C=O) groups is 1. The van der Waals surface area contributed by atoms with Gasteiger partial charge in [-0.3, -0.25) is 4.90 Å². The fourth-order valence-electron chi connectivity index (χ4n) is 4.33. The zero-order valence-electron chi connectivity index (χ0n) is 19.1. The third kappa shape index (κ3) is 5.74. The highest BCUT2D eigenvalue weighted by Crippen LogP contribution is 2.37. The summed E-state index contributed by atoms with van der Waals surface area (Å²) in [6.07, 6.45) is -4.53. The van der Waals surface area contributed by atoms with Crippen molar-refractivity contribution >= 4 is 33.3 Å². The van der Waals surface area contributed by atoms with Gasteiger partial charge in [-0.15, -0.1) is 0 Å². The third-order valence-corrected chi connectivity index (χ3v) is 8.46. The van der Waals surface area contributed by atoms with Crippen LogP contribution in [0.15, 0.2) is 48.5 Å². The molecule has 1 atom stereocenters. The van der Waals surface area contributed by atoms with E-state index in [0.717, 1.165) is 12.1 Å². The molecule has 2 aliphatic rings. The highest BCUT2D eigenvalue weighted by atomic mass is 35.5. The Morgan fingerprint density at radius 1 is 1.03 bits per heavy atom. The van der Waals surface area contributed by atoms with Crippen LogP contribution in [0.25, 0.3) is 0 Å². The predicted octanol–water partition coefficient (Wildman–Crippen LogP) is 3.92. The Balaban J connectivity index is 1.59. The van der Waals surface area contributed by atoms with Gasteiger partial charge in [-0.1, -0.05) is 23.7 Å². The minimum atomic E-state index is -4.53. The summed E-state index contributed by atoms with van der Waals surface area (Å²) in [4.78, 5) is 18.2. The van der Waals surface area contributed by atoms with Gasteiger partial charge >= 0.3 is 12.2 Å². The first-order chi connectivity index (χ1) is 16.5. The van der Waals surface area contributed by atoms with Crippen molar-refractivity contribution in [2.24, 2.45) is 0 Å². The van der Waals surface area contributed by atoms with Gasteiger partial charge in [0.1, 0.15) is 0 Å². The lowest BCUT2D eigenvalue weighted by Gasteiger charge is -2.32. The van der Waals surface area contributed by atoms with E-state index in [-0.39, 0.29) is 18.8 Å². The molecule has 190 valence electrons. The van der Waals surface area contributed by atoms with E-state index >= 15 is 0 Å². The highest BCUT2D eigenvalue weighted by molar-refractivity contribution is 7.89. The van der Waals surface area contributed by atoms with Crippen LogP contribution < -0.4 is 4.90 Å². The minimum absolute atomic E-state index is 0.0566. The molecule has 35 heavy (non-hydrogen) atoms. The van der Waals surface area contributed by atoms with Crippen LogP contribution in [-0.2, 0) is 16.2 Å². The Morgan fingerprint density at radius 2 is 1.69 bits per heavy atom. The molecular weight excluding hydrogens is 505 g/mol. The SMILES string of the molecule is CN1CCN(S(=O)(=O)CCN2C[C@H](c3cccc(C(F)(F)F)c3)N(c3ccc(Cl)cc3)C2=O)CC1. The van der Waals surface area contributed by atoms with Crippen molar-refractivity contribution < 1.29 is 26.4 Å². The number of piperazine rings is 1. The van der Waals surface area contributed by atoms with Gasteiger partial charge in [0.15, 0.2) is 0 Å². The van der Waals surface area contributed by atoms with Crippen molar-refractivity contribution in [3.8, 4) is 0 Å². The Hall–Kier alpha value is -2.34. The first kappa shape index (κ1) is 25.7. The highest BCUT2D eigenvalue weighted by Gasteiger charge is 2.41. The second-order valence-electron chi connectivity index (χ2n) is 8.73. The van der Waals surface area contributed by atoms with E-state index in [2.05, 4.69) is 0 Å². The van der Waals surface area contributed by atoms with Crippen LogP contribution >= 0.6 is 11.6 Å². The van der Waals surface area contributed by atoms with Crippen molar-refractivity contribution in [2.45, 2.75) is 12.2 Å². The van der Waals surface area contributed by atoms with E-state index < -0.39 is 33.8 Å². The number of alkyl halides is 3. The average Bonchev–Trinajstić information content (AvgIpc) is 3.14. The predicted molar refractivity (Wildman–Crippen MR) is 128 cm³/mol. The van der Waals surface area contributed by atoms with Gasteiger partial charge in [0.2, 0.25) is 10.0 Å². The maximum absolute atomic E-state index is 13.4. The van der Waals surface area contributed by atoms with Crippen molar-refractivity contribution in [1.82, 2.24) is 14.1 Å². The molecule has 0 aliphatic carbocycles. The van der Waals surface area contributed by atoms with Gasteiger partial charge in [0.25, 0.3) is 0 Å². The fraction of sp³-hybridized carbons (Fsp3) is 0.435. The minimum Gasteiger partial charge on any atom is -0.321 e. The zero-order valence-corrected chi connectivity index (χ0v) is 20.7. The molecule has 0 N–H and O–H groups in total. The van der Waals surface area contributed by atoms with Gasteiger partial charge < -0.3 is 9.80 Å². The molecule has 2 aromatic carbocycles. The zero-order chi connectivity index (χ0) is 25.4. The lowest BCUT2D eigenvalue weighted by molar-refractivity contribution is -0.137. The molecule has 0 radical (unpaired) electrons. The Kier molecular flexibility index (Phi) is 7.33. The molecule has 2 heterocycles. The number of likely N-dealkylation sites (N-methyl/N-ethyl adjacent to an activating group) is 1. The van der Waals surface area contributed by atoms with Gasteiger partial charge in [0, 0.05) is 50.0 Å². The van der Waals surface area contributed by atoms with Gasteiger partial charge in [-0.25, -0.2) is 13.2 Å².